The topological polar surface area (TPSA) is 115 Å². The van der Waals surface area contributed by atoms with Crippen LogP contribution in [0, 0.1) is 5.82 Å². The van der Waals surface area contributed by atoms with Gasteiger partial charge in [0.25, 0.3) is 5.56 Å². The number of carbonyl (C=O) groups excluding carboxylic acids is 1. The fraction of sp³-hybridized carbons (Fsp3) is 0.261. The van der Waals surface area contributed by atoms with Crippen LogP contribution in [-0.2, 0) is 11.3 Å². The molecule has 1 aliphatic heterocycles. The lowest BCUT2D eigenvalue weighted by Gasteiger charge is -2.34. The average Bonchev–Trinajstić information content (AvgIpc) is 2.81. The summed E-state index contributed by atoms with van der Waals surface area (Å²) in [6, 6.07) is 7.89. The predicted octanol–water partition coefficient (Wildman–Crippen LogP) is 2.93. The van der Waals surface area contributed by atoms with Crippen molar-refractivity contribution in [3.8, 4) is 0 Å². The van der Waals surface area contributed by atoms with E-state index >= 15 is 0 Å². The number of halogens is 3. The van der Waals surface area contributed by atoms with E-state index in [0.717, 1.165) is 0 Å². The maximum absolute atomic E-state index is 14.6. The highest BCUT2D eigenvalue weighted by molar-refractivity contribution is 6.43. The number of fused-ring (bicyclic) bond motifs is 1. The van der Waals surface area contributed by atoms with E-state index in [4.69, 9.17) is 23.2 Å². The number of carboxylic acid groups (broad SMARTS) is 1. The van der Waals surface area contributed by atoms with Crippen molar-refractivity contribution in [3.05, 3.63) is 79.3 Å². The van der Waals surface area contributed by atoms with Crippen LogP contribution in [0.4, 0.5) is 4.39 Å². The van der Waals surface area contributed by atoms with Crippen molar-refractivity contribution in [1.82, 2.24) is 20.5 Å². The zero-order chi connectivity index (χ0) is 24.4. The Bertz CT molecular complexity index is 1320. The van der Waals surface area contributed by atoms with Gasteiger partial charge in [0.15, 0.2) is 0 Å². The number of benzene rings is 2. The van der Waals surface area contributed by atoms with E-state index in [9.17, 15) is 23.9 Å². The third-order valence-corrected chi connectivity index (χ3v) is 6.59. The highest BCUT2D eigenvalue weighted by Gasteiger charge is 2.31. The minimum Gasteiger partial charge on any atom is -0.477 e. The summed E-state index contributed by atoms with van der Waals surface area (Å²) in [5.41, 5.74) is -0.424. The number of carbonyl (C=O) groups is 2. The molecule has 8 nitrogen and oxygen atoms in total. The second-order valence-corrected chi connectivity index (χ2v) is 8.65. The molecule has 1 unspecified atom stereocenters. The number of hydrogen-bond donors (Lipinski definition) is 4. The number of piperazine rings is 1. The molecule has 1 aromatic heterocycles. The number of nitrogens with zero attached hydrogens (tertiary/aromatic N) is 1. The summed E-state index contributed by atoms with van der Waals surface area (Å²) in [6.45, 7) is 2.32. The number of rotatable bonds is 6. The van der Waals surface area contributed by atoms with E-state index in [2.05, 4.69) is 15.6 Å². The Kier molecular flexibility index (Phi) is 7.18. The van der Waals surface area contributed by atoms with Gasteiger partial charge in [-0.25, -0.2) is 9.18 Å². The average molecular weight is 507 g/mol. The van der Waals surface area contributed by atoms with Gasteiger partial charge >= 0.3 is 5.97 Å². The van der Waals surface area contributed by atoms with Crippen LogP contribution in [-0.4, -0.2) is 53.0 Å². The lowest BCUT2D eigenvalue weighted by molar-refractivity contribution is -0.127. The van der Waals surface area contributed by atoms with Crippen molar-refractivity contribution in [2.75, 3.05) is 26.2 Å². The smallest absolute Gasteiger partial charge is 0.341 e. The quantitative estimate of drug-likeness (QED) is 0.408. The molecular formula is C23H21Cl2FN4O4. The Hall–Kier alpha value is -2.98. The molecule has 11 heteroatoms. The predicted molar refractivity (Wildman–Crippen MR) is 127 cm³/mol. The fourth-order valence-electron chi connectivity index (χ4n) is 4.10. The zero-order valence-corrected chi connectivity index (χ0v) is 19.3. The molecule has 0 bridgehead atoms. The summed E-state index contributed by atoms with van der Waals surface area (Å²) in [7, 11) is 0. The first kappa shape index (κ1) is 24.2. The number of aromatic amines is 1. The Morgan fingerprint density at radius 2 is 1.88 bits per heavy atom. The van der Waals surface area contributed by atoms with E-state index in [1.54, 1.807) is 18.2 Å². The van der Waals surface area contributed by atoms with Crippen LogP contribution in [0.15, 0.2) is 41.2 Å². The maximum atomic E-state index is 14.6. The lowest BCUT2D eigenvalue weighted by Crippen LogP contribution is -2.49. The maximum Gasteiger partial charge on any atom is 0.341 e. The minimum atomic E-state index is -1.38. The highest BCUT2D eigenvalue weighted by Crippen LogP contribution is 2.32. The van der Waals surface area contributed by atoms with Crippen molar-refractivity contribution in [3.63, 3.8) is 0 Å². The number of aromatic nitrogens is 1. The molecule has 1 amide bonds. The first-order valence-electron chi connectivity index (χ1n) is 10.5. The monoisotopic (exact) mass is 506 g/mol. The highest BCUT2D eigenvalue weighted by atomic mass is 35.5. The van der Waals surface area contributed by atoms with Crippen molar-refractivity contribution < 1.29 is 19.1 Å². The van der Waals surface area contributed by atoms with Crippen LogP contribution in [0.2, 0.25) is 10.0 Å². The Labute approximate surface area is 203 Å². The van der Waals surface area contributed by atoms with Crippen LogP contribution >= 0.6 is 23.2 Å². The number of H-pyrrole nitrogens is 1. The third-order valence-electron chi connectivity index (χ3n) is 5.77. The minimum absolute atomic E-state index is 0.109. The molecule has 1 fully saturated rings. The van der Waals surface area contributed by atoms with Crippen molar-refractivity contribution in [2.45, 2.75) is 12.6 Å². The molecular weight excluding hydrogens is 486 g/mol. The fourth-order valence-corrected chi connectivity index (χ4v) is 4.55. The van der Waals surface area contributed by atoms with Crippen molar-refractivity contribution in [1.29, 1.82) is 0 Å². The van der Waals surface area contributed by atoms with Gasteiger partial charge in [-0.1, -0.05) is 41.4 Å². The lowest BCUT2D eigenvalue weighted by atomic mass is 10.0. The SMILES string of the molecule is O=C(O)c1cc2cc(Cl)c(Cl)c(CNC(=O)C(c3ccccc3F)N3CCNCC3)c2[nH]c1=O. The summed E-state index contributed by atoms with van der Waals surface area (Å²) >= 11 is 12.6. The number of pyridine rings is 1. The number of nitrogens with one attached hydrogen (secondary N) is 3. The summed E-state index contributed by atoms with van der Waals surface area (Å²) < 4.78 is 14.6. The summed E-state index contributed by atoms with van der Waals surface area (Å²) in [5, 5.41) is 15.8. The van der Waals surface area contributed by atoms with Crippen LogP contribution in [0.5, 0.6) is 0 Å². The van der Waals surface area contributed by atoms with E-state index in [1.165, 1.54) is 18.2 Å². The standard InChI is InChI=1S/C23H21Cl2FN4O4/c24-16-10-12-9-14(23(33)34)21(31)29-19(12)15(18(16)25)11-28-22(32)20(30-7-5-27-6-8-30)13-3-1-2-4-17(13)26/h1-4,9-10,20,27H,5-8,11H2,(H,28,32)(H,29,31)(H,33,34). The normalized spacial score (nSPS) is 15.3. The molecule has 4 N–H and O–H groups in total. The molecule has 34 heavy (non-hydrogen) atoms. The van der Waals surface area contributed by atoms with Gasteiger partial charge in [0, 0.05) is 49.2 Å². The Morgan fingerprint density at radius 3 is 2.56 bits per heavy atom. The summed E-state index contributed by atoms with van der Waals surface area (Å²) in [5.74, 6) is -2.31. The first-order chi connectivity index (χ1) is 16.3. The van der Waals surface area contributed by atoms with Gasteiger partial charge in [0.1, 0.15) is 17.4 Å². The zero-order valence-electron chi connectivity index (χ0n) is 17.8. The van der Waals surface area contributed by atoms with Gasteiger partial charge in [-0.3, -0.25) is 14.5 Å². The molecule has 2 aromatic carbocycles. The Balaban J connectivity index is 1.69. The number of hydrogen-bond acceptors (Lipinski definition) is 5. The molecule has 1 atom stereocenters. The number of amides is 1. The van der Waals surface area contributed by atoms with E-state index in [1.807, 2.05) is 4.90 Å². The first-order valence-corrected chi connectivity index (χ1v) is 11.3. The number of aromatic carboxylic acids is 1. The largest absolute Gasteiger partial charge is 0.477 e. The van der Waals surface area contributed by atoms with E-state index < -0.39 is 34.9 Å². The van der Waals surface area contributed by atoms with Crippen LogP contribution in [0.25, 0.3) is 10.9 Å². The third kappa shape index (κ3) is 4.78. The van der Waals surface area contributed by atoms with Gasteiger partial charge in [-0.05, 0) is 18.2 Å². The molecule has 4 rings (SSSR count). The van der Waals surface area contributed by atoms with Gasteiger partial charge in [0.05, 0.1) is 15.6 Å². The molecule has 0 spiro atoms. The van der Waals surface area contributed by atoms with E-state index in [-0.39, 0.29) is 27.7 Å². The van der Waals surface area contributed by atoms with Crippen LogP contribution in [0.1, 0.15) is 27.5 Å². The molecule has 0 radical (unpaired) electrons. The van der Waals surface area contributed by atoms with E-state index in [0.29, 0.717) is 37.1 Å². The van der Waals surface area contributed by atoms with Crippen LogP contribution < -0.4 is 16.2 Å². The molecule has 0 aliphatic carbocycles. The summed E-state index contributed by atoms with van der Waals surface area (Å²) in [6.07, 6.45) is 0. The van der Waals surface area contributed by atoms with Crippen molar-refractivity contribution in [2.24, 2.45) is 0 Å². The molecule has 178 valence electrons. The van der Waals surface area contributed by atoms with Gasteiger partial charge in [0.2, 0.25) is 5.91 Å². The molecule has 0 saturated carbocycles. The second kappa shape index (κ2) is 10.1. The second-order valence-electron chi connectivity index (χ2n) is 7.86. The molecule has 1 aliphatic rings. The Morgan fingerprint density at radius 1 is 1.18 bits per heavy atom. The molecule has 2 heterocycles. The molecule has 1 saturated heterocycles. The van der Waals surface area contributed by atoms with Crippen LogP contribution in [0.3, 0.4) is 0 Å². The number of carboxylic acids is 1. The van der Waals surface area contributed by atoms with Crippen molar-refractivity contribution >= 4 is 46.0 Å². The van der Waals surface area contributed by atoms with Gasteiger partial charge < -0.3 is 20.7 Å². The molecule has 3 aromatic rings. The summed E-state index contributed by atoms with van der Waals surface area (Å²) in [4.78, 5) is 41.3. The van der Waals surface area contributed by atoms with Gasteiger partial charge in [-0.15, -0.1) is 0 Å². The van der Waals surface area contributed by atoms with Gasteiger partial charge in [-0.2, -0.15) is 0 Å².